The normalized spacial score (nSPS) is 11.4. The topological polar surface area (TPSA) is 83.5 Å². The molecule has 2 rings (SSSR count). The summed E-state index contributed by atoms with van der Waals surface area (Å²) < 4.78 is 27.0. The highest BCUT2D eigenvalue weighted by Crippen LogP contribution is 2.28. The van der Waals surface area contributed by atoms with Crippen LogP contribution in [0.15, 0.2) is 29.2 Å². The van der Waals surface area contributed by atoms with Gasteiger partial charge in [0.1, 0.15) is 4.90 Å². The lowest BCUT2D eigenvalue weighted by molar-refractivity contribution is 0.0698. The summed E-state index contributed by atoms with van der Waals surface area (Å²) in [6.07, 6.45) is 0. The molecule has 21 heavy (non-hydrogen) atoms. The molecule has 0 atom stereocenters. The molecule has 0 unspecified atom stereocenters. The maximum Gasteiger partial charge on any atom is 0.337 e. The van der Waals surface area contributed by atoms with Crippen molar-refractivity contribution in [2.45, 2.75) is 18.7 Å². The first kappa shape index (κ1) is 15.8. The van der Waals surface area contributed by atoms with Gasteiger partial charge in [0.05, 0.1) is 11.3 Å². The average molecular weight is 346 g/mol. The number of carboxylic acid groups (broad SMARTS) is 1. The summed E-state index contributed by atoms with van der Waals surface area (Å²) in [5, 5.41) is 9.35. The number of carbonyl (C=O) groups is 1. The number of rotatable bonds is 4. The number of sulfonamides is 1. The Balaban J connectivity index is 2.47. The molecule has 5 nitrogen and oxygen atoms in total. The average Bonchev–Trinajstić information content (AvgIpc) is 2.71. The lowest BCUT2D eigenvalue weighted by Crippen LogP contribution is -2.15. The quantitative estimate of drug-likeness (QED) is 0.888. The highest BCUT2D eigenvalue weighted by atomic mass is 35.5. The number of thiophene rings is 1. The minimum Gasteiger partial charge on any atom is -0.478 e. The first-order valence-corrected chi connectivity index (χ1v) is 8.51. The Kier molecular flexibility index (Phi) is 4.27. The van der Waals surface area contributed by atoms with Crippen molar-refractivity contribution in [3.05, 3.63) is 44.6 Å². The number of halogens is 1. The molecule has 0 saturated heterocycles. The molecule has 8 heteroatoms. The number of hydrogen-bond acceptors (Lipinski definition) is 4. The zero-order valence-corrected chi connectivity index (χ0v) is 13.6. The van der Waals surface area contributed by atoms with Crippen molar-refractivity contribution in [2.75, 3.05) is 4.72 Å². The van der Waals surface area contributed by atoms with Crippen LogP contribution < -0.4 is 4.72 Å². The van der Waals surface area contributed by atoms with Gasteiger partial charge in [-0.3, -0.25) is 4.72 Å². The zero-order valence-electron chi connectivity index (χ0n) is 11.2. The van der Waals surface area contributed by atoms with E-state index in [-0.39, 0.29) is 21.2 Å². The van der Waals surface area contributed by atoms with Gasteiger partial charge in [-0.1, -0.05) is 11.6 Å². The number of nitrogens with one attached hydrogen (secondary N) is 1. The molecule has 1 aromatic heterocycles. The van der Waals surface area contributed by atoms with Crippen molar-refractivity contribution in [3.8, 4) is 0 Å². The molecule has 0 fully saturated rings. The second kappa shape index (κ2) is 5.67. The summed E-state index contributed by atoms with van der Waals surface area (Å²) >= 11 is 7.10. The number of benzene rings is 1. The molecule has 0 spiro atoms. The third kappa shape index (κ3) is 3.37. The molecule has 2 N–H and O–H groups in total. The van der Waals surface area contributed by atoms with E-state index in [2.05, 4.69) is 4.72 Å². The monoisotopic (exact) mass is 345 g/mol. The fraction of sp³-hybridized carbons (Fsp3) is 0.154. The molecule has 1 aromatic carbocycles. The van der Waals surface area contributed by atoms with Crippen molar-refractivity contribution in [2.24, 2.45) is 0 Å². The van der Waals surface area contributed by atoms with Gasteiger partial charge in [0.15, 0.2) is 0 Å². The maximum absolute atomic E-state index is 12.4. The Bertz CT molecular complexity index is 812. The standard InChI is InChI=1S/C13H12ClNO4S2/c1-7-5-12(8(2)20-7)21(18,19)15-11-4-3-9(14)6-10(11)13(16)17/h3-6,15H,1-2H3,(H,16,17). The number of hydrogen-bond donors (Lipinski definition) is 2. The summed E-state index contributed by atoms with van der Waals surface area (Å²) in [5.41, 5.74) is -0.217. The van der Waals surface area contributed by atoms with Gasteiger partial charge in [-0.05, 0) is 38.1 Å². The van der Waals surface area contributed by atoms with Gasteiger partial charge in [-0.2, -0.15) is 0 Å². The van der Waals surface area contributed by atoms with Crippen LogP contribution in [-0.2, 0) is 10.0 Å². The molecular formula is C13H12ClNO4S2. The molecule has 0 aliphatic carbocycles. The number of aromatic carboxylic acids is 1. The van der Waals surface area contributed by atoms with Crippen LogP contribution in [0.2, 0.25) is 5.02 Å². The van der Waals surface area contributed by atoms with Crippen LogP contribution in [0.1, 0.15) is 20.1 Å². The molecule has 2 aromatic rings. The van der Waals surface area contributed by atoms with E-state index in [1.807, 2.05) is 6.92 Å². The first-order valence-electron chi connectivity index (χ1n) is 5.83. The highest BCUT2D eigenvalue weighted by Gasteiger charge is 2.22. The van der Waals surface area contributed by atoms with Crippen LogP contribution in [0.5, 0.6) is 0 Å². The largest absolute Gasteiger partial charge is 0.478 e. The van der Waals surface area contributed by atoms with Crippen molar-refractivity contribution in [1.82, 2.24) is 0 Å². The van der Waals surface area contributed by atoms with Crippen LogP contribution in [0.3, 0.4) is 0 Å². The lowest BCUT2D eigenvalue weighted by atomic mass is 10.2. The second-order valence-corrected chi connectivity index (χ2v) is 7.93. The van der Waals surface area contributed by atoms with E-state index in [0.717, 1.165) is 4.88 Å². The van der Waals surface area contributed by atoms with Crippen molar-refractivity contribution in [3.63, 3.8) is 0 Å². The lowest BCUT2D eigenvalue weighted by Gasteiger charge is -2.10. The Morgan fingerprint density at radius 1 is 1.29 bits per heavy atom. The summed E-state index contributed by atoms with van der Waals surface area (Å²) in [5.74, 6) is -1.26. The SMILES string of the molecule is Cc1cc(S(=O)(=O)Nc2ccc(Cl)cc2C(=O)O)c(C)s1. The molecule has 112 valence electrons. The summed E-state index contributed by atoms with van der Waals surface area (Å²) in [6.45, 7) is 3.51. The van der Waals surface area contributed by atoms with Crippen molar-refractivity contribution < 1.29 is 18.3 Å². The molecule has 0 bridgehead atoms. The molecule has 1 heterocycles. The second-order valence-electron chi connectivity index (χ2n) is 4.38. The van der Waals surface area contributed by atoms with E-state index >= 15 is 0 Å². The van der Waals surface area contributed by atoms with Crippen LogP contribution in [0.4, 0.5) is 5.69 Å². The fourth-order valence-corrected chi connectivity index (χ4v) is 4.66. The summed E-state index contributed by atoms with van der Waals surface area (Å²) in [7, 11) is -3.84. The van der Waals surface area contributed by atoms with Crippen molar-refractivity contribution >= 4 is 44.6 Å². The van der Waals surface area contributed by atoms with Gasteiger partial charge < -0.3 is 5.11 Å². The van der Waals surface area contributed by atoms with E-state index in [0.29, 0.717) is 4.88 Å². The summed E-state index contributed by atoms with van der Waals surface area (Å²) in [6, 6.07) is 5.52. The third-order valence-corrected chi connectivity index (χ3v) is 5.56. The van der Waals surface area contributed by atoms with E-state index in [1.165, 1.54) is 29.5 Å². The Hall–Kier alpha value is -1.57. The van der Waals surface area contributed by atoms with Gasteiger partial charge in [0, 0.05) is 14.8 Å². The molecule has 0 amide bonds. The Labute approximate surface area is 131 Å². The van der Waals surface area contributed by atoms with Gasteiger partial charge in [0.2, 0.25) is 0 Å². The Morgan fingerprint density at radius 2 is 1.95 bits per heavy atom. The third-order valence-electron chi connectivity index (χ3n) is 2.74. The van der Waals surface area contributed by atoms with Gasteiger partial charge in [0.25, 0.3) is 10.0 Å². The van der Waals surface area contributed by atoms with E-state index in [9.17, 15) is 13.2 Å². The molecule has 0 aliphatic heterocycles. The van der Waals surface area contributed by atoms with Gasteiger partial charge >= 0.3 is 5.97 Å². The van der Waals surface area contributed by atoms with E-state index < -0.39 is 16.0 Å². The first-order chi connectivity index (χ1) is 9.70. The van der Waals surface area contributed by atoms with E-state index in [1.54, 1.807) is 13.0 Å². The maximum atomic E-state index is 12.4. The van der Waals surface area contributed by atoms with Crippen LogP contribution in [0.25, 0.3) is 0 Å². The summed E-state index contributed by atoms with van der Waals surface area (Å²) in [4.78, 5) is 12.8. The molecule has 0 radical (unpaired) electrons. The van der Waals surface area contributed by atoms with Gasteiger partial charge in [-0.25, -0.2) is 13.2 Å². The van der Waals surface area contributed by atoms with Crippen LogP contribution in [-0.4, -0.2) is 19.5 Å². The predicted molar refractivity (Wildman–Crippen MR) is 83.0 cm³/mol. The minimum absolute atomic E-state index is 0.0184. The smallest absolute Gasteiger partial charge is 0.337 e. The van der Waals surface area contributed by atoms with E-state index in [4.69, 9.17) is 16.7 Å². The highest BCUT2D eigenvalue weighted by molar-refractivity contribution is 7.93. The fourth-order valence-electron chi connectivity index (χ4n) is 1.86. The minimum atomic E-state index is -3.84. The molecular weight excluding hydrogens is 334 g/mol. The zero-order chi connectivity index (χ0) is 15.8. The number of anilines is 1. The Morgan fingerprint density at radius 3 is 2.48 bits per heavy atom. The predicted octanol–water partition coefficient (Wildman–Crippen LogP) is 3.52. The number of aryl methyl sites for hydroxylation is 2. The molecule has 0 saturated carbocycles. The molecule has 0 aliphatic rings. The van der Waals surface area contributed by atoms with Crippen molar-refractivity contribution in [1.29, 1.82) is 0 Å². The van der Waals surface area contributed by atoms with Gasteiger partial charge in [-0.15, -0.1) is 11.3 Å². The number of carboxylic acids is 1. The van der Waals surface area contributed by atoms with Crippen LogP contribution >= 0.6 is 22.9 Å². The van der Waals surface area contributed by atoms with Crippen LogP contribution in [0, 0.1) is 13.8 Å².